The minimum Gasteiger partial charge on any atom is -0.389 e. The van der Waals surface area contributed by atoms with E-state index in [0.29, 0.717) is 22.9 Å². The molecule has 0 aliphatic carbocycles. The Kier molecular flexibility index (Phi) is 6.94. The van der Waals surface area contributed by atoms with E-state index in [4.69, 9.17) is 18.0 Å². The third-order valence-corrected chi connectivity index (χ3v) is 5.50. The molecule has 0 aliphatic heterocycles. The summed E-state index contributed by atoms with van der Waals surface area (Å²) < 4.78 is 26.7. The first-order valence-electron chi connectivity index (χ1n) is 6.23. The molecule has 1 rings (SSSR count). The molecular formula is C13H20N2O2S3. The fourth-order valence-corrected chi connectivity index (χ4v) is 3.42. The molecule has 0 amide bonds. The zero-order chi connectivity index (χ0) is 15.2. The molecule has 0 fully saturated rings. The first-order chi connectivity index (χ1) is 9.35. The van der Waals surface area contributed by atoms with Crippen LogP contribution in [0.25, 0.3) is 0 Å². The van der Waals surface area contributed by atoms with Crippen molar-refractivity contribution in [2.45, 2.75) is 24.3 Å². The summed E-state index contributed by atoms with van der Waals surface area (Å²) in [5, 5.41) is 0.432. The van der Waals surface area contributed by atoms with Gasteiger partial charge in [-0.3, -0.25) is 0 Å². The summed E-state index contributed by atoms with van der Waals surface area (Å²) in [6.45, 7) is 2.51. The third kappa shape index (κ3) is 5.78. The van der Waals surface area contributed by atoms with Crippen molar-refractivity contribution in [2.24, 2.45) is 5.73 Å². The number of nitrogens with one attached hydrogen (secondary N) is 1. The molecular weight excluding hydrogens is 312 g/mol. The highest BCUT2D eigenvalue weighted by atomic mass is 32.2. The molecule has 4 nitrogen and oxygen atoms in total. The predicted octanol–water partition coefficient (Wildman–Crippen LogP) is 1.88. The van der Waals surface area contributed by atoms with E-state index in [0.717, 1.165) is 6.42 Å². The lowest BCUT2D eigenvalue weighted by molar-refractivity contribution is 0.578. The number of sulfonamides is 1. The number of thioether (sulfide) groups is 1. The second-order valence-electron chi connectivity index (χ2n) is 4.51. The Morgan fingerprint density at radius 2 is 2.10 bits per heavy atom. The summed E-state index contributed by atoms with van der Waals surface area (Å²) in [4.78, 5) is 0.215. The molecule has 0 aromatic heterocycles. The zero-order valence-corrected chi connectivity index (χ0v) is 14.1. The van der Waals surface area contributed by atoms with Gasteiger partial charge in [-0.05, 0) is 18.2 Å². The van der Waals surface area contributed by atoms with Gasteiger partial charge < -0.3 is 5.73 Å². The fraction of sp³-hybridized carbons (Fsp3) is 0.462. The van der Waals surface area contributed by atoms with Crippen LogP contribution in [0.2, 0.25) is 0 Å². The van der Waals surface area contributed by atoms with Gasteiger partial charge in [-0.15, -0.1) is 0 Å². The lowest BCUT2D eigenvalue weighted by Crippen LogP contribution is -2.28. The summed E-state index contributed by atoms with van der Waals surface area (Å²) in [5.74, 6) is -0.103. The molecule has 112 valence electrons. The van der Waals surface area contributed by atoms with Gasteiger partial charge in [0.2, 0.25) is 10.0 Å². The van der Waals surface area contributed by atoms with Crippen LogP contribution in [0.3, 0.4) is 0 Å². The van der Waals surface area contributed by atoms with E-state index in [2.05, 4.69) is 11.6 Å². The zero-order valence-electron chi connectivity index (χ0n) is 11.6. The molecule has 20 heavy (non-hydrogen) atoms. The summed E-state index contributed by atoms with van der Waals surface area (Å²) in [7, 11) is -3.37. The summed E-state index contributed by atoms with van der Waals surface area (Å²) in [5.41, 5.74) is 6.85. The van der Waals surface area contributed by atoms with Crippen LogP contribution < -0.4 is 10.5 Å². The second kappa shape index (κ2) is 7.97. The second-order valence-corrected chi connectivity index (χ2v) is 8.03. The molecule has 1 aromatic carbocycles. The highest BCUT2D eigenvalue weighted by Gasteiger charge is 2.15. The van der Waals surface area contributed by atoms with E-state index in [1.54, 1.807) is 36.0 Å². The highest BCUT2D eigenvalue weighted by Crippen LogP contribution is 2.13. The van der Waals surface area contributed by atoms with Gasteiger partial charge in [0, 0.05) is 17.4 Å². The number of hydrogen-bond donors (Lipinski definition) is 2. The first kappa shape index (κ1) is 17.4. The number of rotatable bonds is 8. The van der Waals surface area contributed by atoms with Crippen LogP contribution in [0.5, 0.6) is 0 Å². The van der Waals surface area contributed by atoms with Crippen molar-refractivity contribution in [3.05, 3.63) is 35.4 Å². The maximum Gasteiger partial charge on any atom is 0.215 e. The molecule has 1 aromatic rings. The Bertz CT molecular complexity index is 558. The van der Waals surface area contributed by atoms with Gasteiger partial charge in [-0.2, -0.15) is 11.8 Å². The van der Waals surface area contributed by atoms with Crippen LogP contribution in [0.15, 0.2) is 24.3 Å². The number of benzene rings is 1. The van der Waals surface area contributed by atoms with E-state index in [-0.39, 0.29) is 10.7 Å². The van der Waals surface area contributed by atoms with Gasteiger partial charge >= 0.3 is 0 Å². The largest absolute Gasteiger partial charge is 0.389 e. The minimum atomic E-state index is -3.37. The molecule has 0 aliphatic rings. The van der Waals surface area contributed by atoms with E-state index in [1.165, 1.54) is 0 Å². The Labute approximate surface area is 130 Å². The smallest absolute Gasteiger partial charge is 0.215 e. The molecule has 3 N–H and O–H groups in total. The Balaban J connectivity index is 2.69. The maximum atomic E-state index is 12.0. The van der Waals surface area contributed by atoms with Crippen molar-refractivity contribution in [2.75, 3.05) is 12.8 Å². The van der Waals surface area contributed by atoms with Gasteiger partial charge in [0.05, 0.1) is 5.75 Å². The van der Waals surface area contributed by atoms with Gasteiger partial charge in [0.15, 0.2) is 0 Å². The van der Waals surface area contributed by atoms with Crippen LogP contribution in [-0.4, -0.2) is 31.5 Å². The summed E-state index contributed by atoms with van der Waals surface area (Å²) in [6, 6.07) is 7.04. The standard InChI is InChI=1S/C13H20N2O2S3/c1-10(19-2)7-8-15-20(16,17)9-11-5-3-4-6-12(11)13(14)18/h3-6,10,15H,7-9H2,1-2H3,(H2,14,18). The van der Waals surface area contributed by atoms with Crippen molar-refractivity contribution in [1.82, 2.24) is 4.72 Å². The normalized spacial score (nSPS) is 13.1. The molecule has 1 atom stereocenters. The molecule has 1 unspecified atom stereocenters. The predicted molar refractivity (Wildman–Crippen MR) is 90.5 cm³/mol. The lowest BCUT2D eigenvalue weighted by Gasteiger charge is -2.11. The Hall–Kier alpha value is -0.630. The molecule has 0 radical (unpaired) electrons. The summed E-state index contributed by atoms with van der Waals surface area (Å²) >= 11 is 6.65. The quantitative estimate of drug-likeness (QED) is 0.711. The van der Waals surface area contributed by atoms with Crippen LogP contribution in [0.1, 0.15) is 24.5 Å². The number of nitrogens with two attached hydrogens (primary N) is 1. The Morgan fingerprint density at radius 3 is 2.70 bits per heavy atom. The summed E-state index contributed by atoms with van der Waals surface area (Å²) in [6.07, 6.45) is 2.81. The monoisotopic (exact) mass is 332 g/mol. The number of hydrogen-bond acceptors (Lipinski definition) is 4. The molecule has 0 saturated heterocycles. The topological polar surface area (TPSA) is 72.2 Å². The molecule has 0 saturated carbocycles. The van der Waals surface area contributed by atoms with E-state index in [1.807, 2.05) is 6.26 Å². The molecule has 0 heterocycles. The lowest BCUT2D eigenvalue weighted by atomic mass is 10.1. The van der Waals surface area contributed by atoms with Gasteiger partial charge in [0.25, 0.3) is 0 Å². The SMILES string of the molecule is CSC(C)CCNS(=O)(=O)Cc1ccccc1C(N)=S. The fourth-order valence-electron chi connectivity index (χ4n) is 1.68. The van der Waals surface area contributed by atoms with E-state index in [9.17, 15) is 8.42 Å². The van der Waals surface area contributed by atoms with E-state index < -0.39 is 10.0 Å². The van der Waals surface area contributed by atoms with Crippen LogP contribution in [0, 0.1) is 0 Å². The van der Waals surface area contributed by atoms with Gasteiger partial charge in [-0.25, -0.2) is 13.1 Å². The first-order valence-corrected chi connectivity index (χ1v) is 9.58. The van der Waals surface area contributed by atoms with Crippen LogP contribution >= 0.6 is 24.0 Å². The van der Waals surface area contributed by atoms with Crippen molar-refractivity contribution >= 4 is 39.0 Å². The Morgan fingerprint density at radius 1 is 1.45 bits per heavy atom. The van der Waals surface area contributed by atoms with Gasteiger partial charge in [-0.1, -0.05) is 43.4 Å². The van der Waals surface area contributed by atoms with Crippen molar-refractivity contribution in [3.63, 3.8) is 0 Å². The van der Waals surface area contributed by atoms with Crippen molar-refractivity contribution in [1.29, 1.82) is 0 Å². The molecule has 0 spiro atoms. The average Bonchev–Trinajstić information content (AvgIpc) is 2.38. The third-order valence-electron chi connectivity index (χ3n) is 2.90. The number of thiocarbonyl (C=S) groups is 1. The van der Waals surface area contributed by atoms with E-state index >= 15 is 0 Å². The van der Waals surface area contributed by atoms with Gasteiger partial charge in [0.1, 0.15) is 4.99 Å². The van der Waals surface area contributed by atoms with Crippen molar-refractivity contribution in [3.8, 4) is 0 Å². The minimum absolute atomic E-state index is 0.103. The highest BCUT2D eigenvalue weighted by molar-refractivity contribution is 7.99. The van der Waals surface area contributed by atoms with Crippen molar-refractivity contribution < 1.29 is 8.42 Å². The van der Waals surface area contributed by atoms with Crippen LogP contribution in [-0.2, 0) is 15.8 Å². The maximum absolute atomic E-state index is 12.0. The van der Waals surface area contributed by atoms with Crippen LogP contribution in [0.4, 0.5) is 0 Å². The average molecular weight is 333 g/mol. The molecule has 0 bridgehead atoms. The molecule has 7 heteroatoms.